The number of fused-ring (bicyclic) bond motifs is 1. The van der Waals surface area contributed by atoms with Crippen LogP contribution in [0.25, 0.3) is 10.9 Å². The van der Waals surface area contributed by atoms with E-state index in [1.165, 1.54) is 222 Å². The number of unbranched alkanes of at least 4 members (excludes halogenated alkanes) is 28. The monoisotopic (exact) mass is 810 g/mol. The van der Waals surface area contributed by atoms with Crippen molar-refractivity contribution in [2.24, 2.45) is 7.05 Å². The van der Waals surface area contributed by atoms with Crippen LogP contribution in [0, 0.1) is 0 Å². The lowest BCUT2D eigenvalue weighted by molar-refractivity contribution is 0.499. The summed E-state index contributed by atoms with van der Waals surface area (Å²) in [4.78, 5) is 9.05. The summed E-state index contributed by atoms with van der Waals surface area (Å²) >= 11 is 0. The number of nitrogens with zero attached hydrogens (tertiary/aromatic N) is 3. The van der Waals surface area contributed by atoms with E-state index in [0.29, 0.717) is 5.92 Å². The van der Waals surface area contributed by atoms with Crippen LogP contribution in [-0.2, 0) is 13.5 Å². The van der Waals surface area contributed by atoms with Gasteiger partial charge in [0.2, 0.25) is 0 Å². The lowest BCUT2D eigenvalue weighted by Gasteiger charge is -2.16. The van der Waals surface area contributed by atoms with E-state index in [1.807, 2.05) is 30.5 Å². The standard InChI is InChI=1S/C41H80N2.C9H7N.BrH/c1-5-8-10-12-14-16-18-20-22-24-26-28-30-32-34-36-39(7-3)40-38-42-41(43(40)4)37-35-33-31-29-27-25-23-21-19-17-15-13-11-9-6-2;1-2-6-9-8(4-1)5-3-7-10-9;/h38-39H,5-37H2,1-4H3;1-7H;1H. The summed E-state index contributed by atoms with van der Waals surface area (Å²) in [6.45, 7) is 6.98. The number of aryl methyl sites for hydroxylation is 1. The van der Waals surface area contributed by atoms with E-state index >= 15 is 0 Å². The largest absolute Gasteiger partial charge is 0.335 e. The molecule has 0 saturated carbocycles. The second-order valence-electron chi connectivity index (χ2n) is 16.4. The van der Waals surface area contributed by atoms with Crippen molar-refractivity contribution in [3.8, 4) is 0 Å². The topological polar surface area (TPSA) is 30.7 Å². The van der Waals surface area contributed by atoms with Crippen LogP contribution in [0.5, 0.6) is 0 Å². The van der Waals surface area contributed by atoms with Crippen LogP contribution in [-0.4, -0.2) is 14.5 Å². The molecule has 1 unspecified atom stereocenters. The average Bonchev–Trinajstić information content (AvgIpc) is 3.55. The van der Waals surface area contributed by atoms with Crippen molar-refractivity contribution < 1.29 is 0 Å². The predicted molar refractivity (Wildman–Crippen MR) is 246 cm³/mol. The summed E-state index contributed by atoms with van der Waals surface area (Å²) in [7, 11) is 2.28. The molecule has 0 aliphatic heterocycles. The summed E-state index contributed by atoms with van der Waals surface area (Å²) < 4.78 is 2.45. The van der Waals surface area contributed by atoms with E-state index in [1.54, 1.807) is 0 Å². The second-order valence-corrected chi connectivity index (χ2v) is 16.4. The maximum atomic E-state index is 4.87. The van der Waals surface area contributed by atoms with Crippen molar-refractivity contribution in [1.82, 2.24) is 14.5 Å². The highest BCUT2D eigenvalue weighted by Crippen LogP contribution is 2.27. The van der Waals surface area contributed by atoms with E-state index in [9.17, 15) is 0 Å². The molecule has 310 valence electrons. The summed E-state index contributed by atoms with van der Waals surface area (Å²) in [6, 6.07) is 12.1. The molecule has 0 bridgehead atoms. The molecule has 0 N–H and O–H groups in total. The van der Waals surface area contributed by atoms with E-state index in [2.05, 4.69) is 55.7 Å². The first-order valence-electron chi connectivity index (χ1n) is 23.5. The normalized spacial score (nSPS) is 11.7. The number of benzene rings is 1. The molecular weight excluding hydrogens is 722 g/mol. The Balaban J connectivity index is 0.00000112. The Bertz CT molecular complexity index is 1140. The van der Waals surface area contributed by atoms with Gasteiger partial charge in [-0.25, -0.2) is 4.98 Å². The molecule has 0 radical (unpaired) electrons. The van der Waals surface area contributed by atoms with Crippen LogP contribution in [0.3, 0.4) is 0 Å². The van der Waals surface area contributed by atoms with Gasteiger partial charge >= 0.3 is 0 Å². The van der Waals surface area contributed by atoms with Crippen LogP contribution in [0.15, 0.2) is 48.8 Å². The molecule has 1 aromatic carbocycles. The molecular formula is C50H88BrN3. The van der Waals surface area contributed by atoms with Gasteiger partial charge in [-0.15, -0.1) is 17.0 Å². The number of imidazole rings is 1. The first-order chi connectivity index (χ1) is 26.2. The third-order valence-corrected chi connectivity index (χ3v) is 11.7. The van der Waals surface area contributed by atoms with E-state index in [4.69, 9.17) is 4.98 Å². The number of para-hydroxylation sites is 1. The van der Waals surface area contributed by atoms with E-state index in [-0.39, 0.29) is 17.0 Å². The molecule has 2 aromatic heterocycles. The van der Waals surface area contributed by atoms with Gasteiger partial charge in [-0.2, -0.15) is 0 Å². The van der Waals surface area contributed by atoms with Gasteiger partial charge in [-0.3, -0.25) is 4.98 Å². The number of hydrogen-bond acceptors (Lipinski definition) is 2. The molecule has 4 heteroatoms. The van der Waals surface area contributed by atoms with Crippen LogP contribution in [0.4, 0.5) is 0 Å². The Kier molecular flexibility index (Phi) is 34.4. The Morgan fingerprint density at radius 3 is 1.33 bits per heavy atom. The summed E-state index contributed by atoms with van der Waals surface area (Å²) in [5.41, 5.74) is 2.55. The smallest absolute Gasteiger partial charge is 0.108 e. The summed E-state index contributed by atoms with van der Waals surface area (Å²) in [5.74, 6) is 2.01. The average molecular weight is 811 g/mol. The highest BCUT2D eigenvalue weighted by Gasteiger charge is 2.15. The number of hydrogen-bond donors (Lipinski definition) is 0. The minimum absolute atomic E-state index is 0. The molecule has 1 atom stereocenters. The zero-order chi connectivity index (χ0) is 37.9. The third kappa shape index (κ3) is 25.5. The Morgan fingerprint density at radius 1 is 0.481 bits per heavy atom. The molecule has 54 heavy (non-hydrogen) atoms. The van der Waals surface area contributed by atoms with Crippen LogP contribution < -0.4 is 0 Å². The molecule has 0 spiro atoms. The molecule has 0 saturated heterocycles. The van der Waals surface area contributed by atoms with Crippen molar-refractivity contribution in [1.29, 1.82) is 0 Å². The SMILES string of the molecule is Br.CCCCCCCCCCCCCCCCCc1ncc(C(CC)CCCCCCCCCCCCCCCCC)n1C.c1ccc2ncccc2c1. The highest BCUT2D eigenvalue weighted by atomic mass is 79.9. The second kappa shape index (κ2) is 36.9. The van der Waals surface area contributed by atoms with Crippen molar-refractivity contribution in [3.63, 3.8) is 0 Å². The van der Waals surface area contributed by atoms with Crippen LogP contribution >= 0.6 is 17.0 Å². The first-order valence-corrected chi connectivity index (χ1v) is 23.5. The van der Waals surface area contributed by atoms with Gasteiger partial charge in [-0.1, -0.05) is 231 Å². The zero-order valence-corrected chi connectivity index (χ0v) is 38.0. The minimum Gasteiger partial charge on any atom is -0.335 e. The fourth-order valence-corrected chi connectivity index (χ4v) is 8.07. The number of halogens is 1. The Hall–Kier alpha value is -1.68. The van der Waals surface area contributed by atoms with Gasteiger partial charge in [0.1, 0.15) is 5.82 Å². The van der Waals surface area contributed by atoms with Gasteiger partial charge in [-0.05, 0) is 31.4 Å². The third-order valence-electron chi connectivity index (χ3n) is 11.7. The van der Waals surface area contributed by atoms with E-state index in [0.717, 1.165) is 11.9 Å². The predicted octanol–water partition coefficient (Wildman–Crippen LogP) is 17.4. The molecule has 0 aliphatic rings. The van der Waals surface area contributed by atoms with Gasteiger partial charge in [0.05, 0.1) is 5.52 Å². The lowest BCUT2D eigenvalue weighted by atomic mass is 9.95. The summed E-state index contributed by atoms with van der Waals surface area (Å²) in [6.07, 6.45) is 50.9. The van der Waals surface area contributed by atoms with Gasteiger partial charge < -0.3 is 4.57 Å². The van der Waals surface area contributed by atoms with Crippen LogP contribution in [0.1, 0.15) is 244 Å². The van der Waals surface area contributed by atoms with Crippen molar-refractivity contribution >= 4 is 27.9 Å². The number of aromatic nitrogens is 3. The van der Waals surface area contributed by atoms with E-state index < -0.39 is 0 Å². The fourth-order valence-electron chi connectivity index (χ4n) is 8.07. The molecule has 0 fully saturated rings. The maximum absolute atomic E-state index is 4.87. The molecule has 3 rings (SSSR count). The fraction of sp³-hybridized carbons (Fsp3) is 0.760. The highest BCUT2D eigenvalue weighted by molar-refractivity contribution is 8.93. The van der Waals surface area contributed by atoms with Crippen molar-refractivity contribution in [2.45, 2.75) is 239 Å². The lowest BCUT2D eigenvalue weighted by Crippen LogP contribution is -2.07. The zero-order valence-electron chi connectivity index (χ0n) is 36.3. The van der Waals surface area contributed by atoms with Crippen molar-refractivity contribution in [3.05, 3.63) is 60.3 Å². The Morgan fingerprint density at radius 2 is 0.889 bits per heavy atom. The maximum Gasteiger partial charge on any atom is 0.108 e. The van der Waals surface area contributed by atoms with Gasteiger partial charge in [0.15, 0.2) is 0 Å². The minimum atomic E-state index is 0. The number of rotatable bonds is 34. The van der Waals surface area contributed by atoms with Crippen molar-refractivity contribution in [2.75, 3.05) is 0 Å². The Labute approximate surface area is 346 Å². The molecule has 0 amide bonds. The van der Waals surface area contributed by atoms with Crippen LogP contribution in [0.2, 0.25) is 0 Å². The number of pyridine rings is 1. The van der Waals surface area contributed by atoms with Gasteiger partial charge in [0.25, 0.3) is 0 Å². The quantitative estimate of drug-likeness (QED) is 0.0563. The molecule has 0 aliphatic carbocycles. The summed E-state index contributed by atoms with van der Waals surface area (Å²) in [5, 5.41) is 1.20. The molecule has 3 nitrogen and oxygen atoms in total. The molecule has 3 aromatic rings. The molecule has 2 heterocycles. The van der Waals surface area contributed by atoms with Gasteiger partial charge in [0, 0.05) is 42.9 Å². The first kappa shape index (κ1) is 50.3.